The van der Waals surface area contributed by atoms with Gasteiger partial charge in [-0.15, -0.1) is 11.3 Å². The number of hydrogen-bond acceptors (Lipinski definition) is 5. The van der Waals surface area contributed by atoms with Gasteiger partial charge >= 0.3 is 0 Å². The molecule has 0 saturated carbocycles. The first kappa shape index (κ1) is 16.7. The minimum absolute atomic E-state index is 0.0375. The van der Waals surface area contributed by atoms with Crippen LogP contribution in [0.15, 0.2) is 29.6 Å². The van der Waals surface area contributed by atoms with Gasteiger partial charge in [-0.3, -0.25) is 9.69 Å². The van der Waals surface area contributed by atoms with Gasteiger partial charge in [-0.25, -0.2) is 4.98 Å². The second kappa shape index (κ2) is 6.86. The molecule has 1 saturated heterocycles. The van der Waals surface area contributed by atoms with Crippen molar-refractivity contribution in [3.05, 3.63) is 46.5 Å². The lowest BCUT2D eigenvalue weighted by Crippen LogP contribution is -2.44. The molecule has 1 aromatic carbocycles. The first-order valence-electron chi connectivity index (χ1n) is 8.79. The Balaban J connectivity index is 1.35. The summed E-state index contributed by atoms with van der Waals surface area (Å²) < 4.78 is 5.77. The molecule has 2 aliphatic rings. The fourth-order valence-electron chi connectivity index (χ4n) is 3.76. The molecule has 4 rings (SSSR count). The van der Waals surface area contributed by atoms with Gasteiger partial charge in [0.2, 0.25) is 5.91 Å². The van der Waals surface area contributed by atoms with Crippen molar-refractivity contribution in [2.24, 2.45) is 0 Å². The SMILES string of the molecule is CC1CN(Cc2csc(NC(=O)C3Cc4ccccc43)n2)CC(C)O1. The molecule has 2 aromatic rings. The number of amides is 1. The number of hydrogen-bond donors (Lipinski definition) is 1. The van der Waals surface area contributed by atoms with Crippen molar-refractivity contribution in [2.45, 2.75) is 44.9 Å². The van der Waals surface area contributed by atoms with Gasteiger partial charge in [0, 0.05) is 25.0 Å². The fourth-order valence-corrected chi connectivity index (χ4v) is 4.47. The summed E-state index contributed by atoms with van der Waals surface area (Å²) in [6, 6.07) is 8.14. The predicted molar refractivity (Wildman–Crippen MR) is 98.9 cm³/mol. The van der Waals surface area contributed by atoms with E-state index in [4.69, 9.17) is 4.74 Å². The number of fused-ring (bicyclic) bond motifs is 1. The molecule has 1 aliphatic heterocycles. The number of morpholine rings is 1. The molecule has 1 amide bonds. The van der Waals surface area contributed by atoms with Crippen molar-refractivity contribution in [3.63, 3.8) is 0 Å². The summed E-state index contributed by atoms with van der Waals surface area (Å²) >= 11 is 1.50. The Kier molecular flexibility index (Phi) is 4.58. The van der Waals surface area contributed by atoms with Gasteiger partial charge in [0.15, 0.2) is 5.13 Å². The van der Waals surface area contributed by atoms with Crippen molar-refractivity contribution < 1.29 is 9.53 Å². The molecule has 0 spiro atoms. The lowest BCUT2D eigenvalue weighted by atomic mass is 9.77. The summed E-state index contributed by atoms with van der Waals surface area (Å²) in [4.78, 5) is 19.4. The molecule has 2 heterocycles. The number of nitrogens with one attached hydrogen (secondary N) is 1. The molecular formula is C19H23N3O2S. The highest BCUT2D eigenvalue weighted by atomic mass is 32.1. The summed E-state index contributed by atoms with van der Waals surface area (Å²) in [5, 5.41) is 5.72. The first-order valence-corrected chi connectivity index (χ1v) is 9.67. The minimum atomic E-state index is -0.0375. The fraction of sp³-hybridized carbons (Fsp3) is 0.474. The number of carbonyl (C=O) groups is 1. The molecule has 0 bridgehead atoms. The van der Waals surface area contributed by atoms with Crippen LogP contribution < -0.4 is 5.32 Å². The maximum absolute atomic E-state index is 12.5. The Hall–Kier alpha value is -1.76. The summed E-state index contributed by atoms with van der Waals surface area (Å²) in [6.07, 6.45) is 1.32. The highest BCUT2D eigenvalue weighted by Crippen LogP contribution is 2.35. The third-order valence-corrected chi connectivity index (χ3v) is 5.64. The van der Waals surface area contributed by atoms with E-state index in [-0.39, 0.29) is 24.0 Å². The average Bonchev–Trinajstić information content (AvgIpc) is 2.94. The van der Waals surface area contributed by atoms with Gasteiger partial charge in [0.05, 0.1) is 23.8 Å². The normalized spacial score (nSPS) is 25.9. The van der Waals surface area contributed by atoms with Crippen molar-refractivity contribution in [2.75, 3.05) is 18.4 Å². The number of aromatic nitrogens is 1. The number of carbonyl (C=O) groups excluding carboxylic acids is 1. The molecular weight excluding hydrogens is 334 g/mol. The second-order valence-electron chi connectivity index (χ2n) is 7.04. The Labute approximate surface area is 152 Å². The Bertz CT molecular complexity index is 766. The molecule has 3 unspecified atom stereocenters. The number of benzene rings is 1. The van der Waals surface area contributed by atoms with Crippen molar-refractivity contribution in [1.29, 1.82) is 0 Å². The summed E-state index contributed by atoms with van der Waals surface area (Å²) in [7, 11) is 0. The summed E-state index contributed by atoms with van der Waals surface area (Å²) in [5.74, 6) is 0.0118. The van der Waals surface area contributed by atoms with E-state index in [1.807, 2.05) is 23.6 Å². The van der Waals surface area contributed by atoms with E-state index < -0.39 is 0 Å². The Morgan fingerprint density at radius 1 is 1.32 bits per heavy atom. The predicted octanol–water partition coefficient (Wildman–Crippen LogP) is 3.03. The molecule has 1 N–H and O–H groups in total. The van der Waals surface area contributed by atoms with E-state index >= 15 is 0 Å². The van der Waals surface area contributed by atoms with Crippen LogP contribution in [-0.4, -0.2) is 41.1 Å². The number of nitrogens with zero attached hydrogens (tertiary/aromatic N) is 2. The number of rotatable bonds is 4. The minimum Gasteiger partial charge on any atom is -0.373 e. The van der Waals surface area contributed by atoms with Crippen LogP contribution in [0.1, 0.15) is 36.6 Å². The average molecular weight is 357 g/mol. The van der Waals surface area contributed by atoms with Gasteiger partial charge in [-0.05, 0) is 31.4 Å². The van der Waals surface area contributed by atoms with Crippen LogP contribution in [0.5, 0.6) is 0 Å². The van der Waals surface area contributed by atoms with Crippen LogP contribution in [-0.2, 0) is 22.5 Å². The molecule has 6 heteroatoms. The second-order valence-corrected chi connectivity index (χ2v) is 7.90. The molecule has 1 fully saturated rings. The third kappa shape index (κ3) is 3.61. The summed E-state index contributed by atoms with van der Waals surface area (Å²) in [5.41, 5.74) is 3.43. The molecule has 1 aliphatic carbocycles. The standard InChI is InChI=1S/C19H23N3O2S/c1-12-8-22(9-13(2)24-12)10-15-11-25-19(20-15)21-18(23)17-7-14-5-3-4-6-16(14)17/h3-6,11-13,17H,7-10H2,1-2H3,(H,20,21,23). The number of thiazole rings is 1. The largest absolute Gasteiger partial charge is 0.373 e. The van der Waals surface area contributed by atoms with Crippen LogP contribution in [0, 0.1) is 0 Å². The number of ether oxygens (including phenoxy) is 1. The number of anilines is 1. The topological polar surface area (TPSA) is 54.5 Å². The zero-order chi connectivity index (χ0) is 17.4. The van der Waals surface area contributed by atoms with E-state index in [1.165, 1.54) is 16.9 Å². The van der Waals surface area contributed by atoms with E-state index in [1.54, 1.807) is 0 Å². The van der Waals surface area contributed by atoms with Crippen LogP contribution in [0.25, 0.3) is 0 Å². The summed E-state index contributed by atoms with van der Waals surface area (Å²) in [6.45, 7) is 6.85. The first-order chi connectivity index (χ1) is 12.1. The lowest BCUT2D eigenvalue weighted by Gasteiger charge is -2.34. The maximum atomic E-state index is 12.5. The van der Waals surface area contributed by atoms with Crippen LogP contribution in [0.2, 0.25) is 0 Å². The zero-order valence-corrected chi connectivity index (χ0v) is 15.4. The monoisotopic (exact) mass is 357 g/mol. The van der Waals surface area contributed by atoms with Crippen molar-refractivity contribution in [1.82, 2.24) is 9.88 Å². The molecule has 132 valence electrons. The smallest absolute Gasteiger partial charge is 0.234 e. The lowest BCUT2D eigenvalue weighted by molar-refractivity contribution is -0.118. The van der Waals surface area contributed by atoms with Crippen LogP contribution in [0.3, 0.4) is 0 Å². The van der Waals surface area contributed by atoms with Gasteiger partial charge < -0.3 is 10.1 Å². The molecule has 25 heavy (non-hydrogen) atoms. The maximum Gasteiger partial charge on any atom is 0.234 e. The molecule has 0 radical (unpaired) electrons. The quantitative estimate of drug-likeness (QED) is 0.914. The van der Waals surface area contributed by atoms with Crippen molar-refractivity contribution in [3.8, 4) is 0 Å². The van der Waals surface area contributed by atoms with E-state index in [2.05, 4.69) is 35.1 Å². The zero-order valence-electron chi connectivity index (χ0n) is 14.6. The van der Waals surface area contributed by atoms with Gasteiger partial charge in [-0.2, -0.15) is 0 Å². The molecule has 3 atom stereocenters. The van der Waals surface area contributed by atoms with E-state index in [0.717, 1.165) is 37.3 Å². The molecule has 5 nitrogen and oxygen atoms in total. The highest BCUT2D eigenvalue weighted by Gasteiger charge is 2.32. The Morgan fingerprint density at radius 2 is 2.08 bits per heavy atom. The van der Waals surface area contributed by atoms with E-state index in [9.17, 15) is 4.79 Å². The van der Waals surface area contributed by atoms with Crippen LogP contribution in [0.4, 0.5) is 5.13 Å². The van der Waals surface area contributed by atoms with Gasteiger partial charge in [-0.1, -0.05) is 24.3 Å². The third-order valence-electron chi connectivity index (χ3n) is 4.83. The van der Waals surface area contributed by atoms with Crippen molar-refractivity contribution >= 4 is 22.4 Å². The highest BCUT2D eigenvalue weighted by molar-refractivity contribution is 7.13. The molecule has 1 aromatic heterocycles. The van der Waals surface area contributed by atoms with E-state index in [0.29, 0.717) is 5.13 Å². The van der Waals surface area contributed by atoms with Gasteiger partial charge in [0.1, 0.15) is 0 Å². The Morgan fingerprint density at radius 3 is 2.84 bits per heavy atom. The van der Waals surface area contributed by atoms with Crippen LogP contribution >= 0.6 is 11.3 Å². The van der Waals surface area contributed by atoms with Gasteiger partial charge in [0.25, 0.3) is 0 Å².